The second kappa shape index (κ2) is 6.30. The lowest BCUT2D eigenvalue weighted by molar-refractivity contribution is 0.155. The van der Waals surface area contributed by atoms with Crippen LogP contribution in [0, 0.1) is 11.7 Å². The topological polar surface area (TPSA) is 32.3 Å². The van der Waals surface area contributed by atoms with Gasteiger partial charge >= 0.3 is 0 Å². The smallest absolute Gasteiger partial charge is 0.123 e. The summed E-state index contributed by atoms with van der Waals surface area (Å²) < 4.78 is 12.9. The molecule has 0 spiro atoms. The molecule has 0 bridgehead atoms. The van der Waals surface area contributed by atoms with Gasteiger partial charge in [-0.05, 0) is 42.9 Å². The van der Waals surface area contributed by atoms with E-state index in [1.807, 2.05) is 12.1 Å². The van der Waals surface area contributed by atoms with E-state index in [9.17, 15) is 9.50 Å². The minimum Gasteiger partial charge on any atom is -0.392 e. The first kappa shape index (κ1) is 13.5. The quantitative estimate of drug-likeness (QED) is 0.780. The van der Waals surface area contributed by atoms with E-state index in [1.165, 1.54) is 25.0 Å². The fraction of sp³-hybridized carbons (Fsp3) is 0.600. The Morgan fingerprint density at radius 1 is 1.33 bits per heavy atom. The Bertz CT molecular complexity index is 361. The van der Waals surface area contributed by atoms with Gasteiger partial charge in [0.25, 0.3) is 0 Å². The molecule has 0 aliphatic heterocycles. The van der Waals surface area contributed by atoms with E-state index in [1.54, 1.807) is 0 Å². The van der Waals surface area contributed by atoms with Gasteiger partial charge in [0.15, 0.2) is 0 Å². The van der Waals surface area contributed by atoms with Crippen molar-refractivity contribution in [2.75, 3.05) is 6.54 Å². The molecule has 2 nitrogen and oxygen atoms in total. The van der Waals surface area contributed by atoms with Gasteiger partial charge in [-0.3, -0.25) is 0 Å². The predicted molar refractivity (Wildman–Crippen MR) is 70.8 cm³/mol. The largest absolute Gasteiger partial charge is 0.392 e. The predicted octanol–water partition coefficient (Wildman–Crippen LogP) is 3.03. The number of hydrogen-bond donors (Lipinski definition) is 2. The van der Waals surface area contributed by atoms with Gasteiger partial charge in [-0.15, -0.1) is 0 Å². The van der Waals surface area contributed by atoms with E-state index < -0.39 is 0 Å². The maximum absolute atomic E-state index is 12.9. The van der Waals surface area contributed by atoms with Crippen molar-refractivity contribution < 1.29 is 9.50 Å². The molecule has 1 aliphatic rings. The number of benzene rings is 1. The SMILES string of the molecule is CCCC(O)CNC(c1ccc(F)cc1)C1CC1. The highest BCUT2D eigenvalue weighted by Gasteiger charge is 2.32. The molecule has 1 saturated carbocycles. The Kier molecular flexibility index (Phi) is 4.72. The zero-order valence-electron chi connectivity index (χ0n) is 10.9. The Morgan fingerprint density at radius 3 is 2.56 bits per heavy atom. The molecule has 1 aromatic carbocycles. The Morgan fingerprint density at radius 2 is 2.00 bits per heavy atom. The average molecular weight is 251 g/mol. The summed E-state index contributed by atoms with van der Waals surface area (Å²) in [5.41, 5.74) is 1.13. The van der Waals surface area contributed by atoms with Crippen LogP contribution in [-0.4, -0.2) is 17.8 Å². The van der Waals surface area contributed by atoms with Gasteiger partial charge in [-0.2, -0.15) is 0 Å². The van der Waals surface area contributed by atoms with Gasteiger partial charge in [0.2, 0.25) is 0 Å². The van der Waals surface area contributed by atoms with Crippen molar-refractivity contribution in [1.82, 2.24) is 5.32 Å². The van der Waals surface area contributed by atoms with Gasteiger partial charge in [0.05, 0.1) is 6.10 Å². The Hall–Kier alpha value is -0.930. The molecule has 18 heavy (non-hydrogen) atoms. The minimum atomic E-state index is -0.281. The fourth-order valence-corrected chi connectivity index (χ4v) is 2.35. The minimum absolute atomic E-state index is 0.195. The van der Waals surface area contributed by atoms with Crippen molar-refractivity contribution in [3.05, 3.63) is 35.6 Å². The van der Waals surface area contributed by atoms with Gasteiger partial charge in [-0.1, -0.05) is 25.5 Å². The third kappa shape index (κ3) is 3.79. The fourth-order valence-electron chi connectivity index (χ4n) is 2.35. The molecule has 2 rings (SSSR count). The van der Waals surface area contributed by atoms with Crippen molar-refractivity contribution in [2.24, 2.45) is 5.92 Å². The lowest BCUT2D eigenvalue weighted by atomic mass is 10.0. The Labute approximate surface area is 108 Å². The third-order valence-electron chi connectivity index (χ3n) is 3.52. The van der Waals surface area contributed by atoms with Crippen molar-refractivity contribution >= 4 is 0 Å². The van der Waals surface area contributed by atoms with Gasteiger partial charge < -0.3 is 10.4 Å². The lowest BCUT2D eigenvalue weighted by Gasteiger charge is -2.21. The summed E-state index contributed by atoms with van der Waals surface area (Å²) in [4.78, 5) is 0. The number of aliphatic hydroxyl groups excluding tert-OH is 1. The van der Waals surface area contributed by atoms with E-state index in [0.717, 1.165) is 18.4 Å². The molecule has 2 unspecified atom stereocenters. The van der Waals surface area contributed by atoms with Crippen LogP contribution in [0.3, 0.4) is 0 Å². The van der Waals surface area contributed by atoms with E-state index in [4.69, 9.17) is 0 Å². The number of hydrogen-bond acceptors (Lipinski definition) is 2. The molecule has 0 amide bonds. The van der Waals surface area contributed by atoms with E-state index in [0.29, 0.717) is 12.5 Å². The zero-order valence-corrected chi connectivity index (χ0v) is 10.9. The summed E-state index contributed by atoms with van der Waals surface area (Å²) in [6.07, 6.45) is 3.98. The molecule has 100 valence electrons. The summed E-state index contributed by atoms with van der Waals surface area (Å²) in [6.45, 7) is 2.69. The van der Waals surface area contributed by atoms with E-state index in [2.05, 4.69) is 12.2 Å². The van der Waals surface area contributed by atoms with Crippen LogP contribution in [0.5, 0.6) is 0 Å². The number of nitrogens with one attached hydrogen (secondary N) is 1. The van der Waals surface area contributed by atoms with E-state index in [-0.39, 0.29) is 18.0 Å². The molecule has 1 aromatic rings. The van der Waals surface area contributed by atoms with Crippen LogP contribution in [-0.2, 0) is 0 Å². The molecule has 2 atom stereocenters. The number of aliphatic hydroxyl groups is 1. The van der Waals surface area contributed by atoms with Crippen molar-refractivity contribution in [1.29, 1.82) is 0 Å². The molecule has 0 radical (unpaired) electrons. The van der Waals surface area contributed by atoms with Crippen molar-refractivity contribution in [3.8, 4) is 0 Å². The van der Waals surface area contributed by atoms with Crippen LogP contribution in [0.1, 0.15) is 44.2 Å². The maximum atomic E-state index is 12.9. The van der Waals surface area contributed by atoms with Gasteiger partial charge in [-0.25, -0.2) is 4.39 Å². The van der Waals surface area contributed by atoms with Crippen molar-refractivity contribution in [3.63, 3.8) is 0 Å². The zero-order chi connectivity index (χ0) is 13.0. The highest BCUT2D eigenvalue weighted by Crippen LogP contribution is 2.40. The first-order valence-corrected chi connectivity index (χ1v) is 6.87. The molecule has 1 aliphatic carbocycles. The second-order valence-corrected chi connectivity index (χ2v) is 5.22. The van der Waals surface area contributed by atoms with Crippen LogP contribution in [0.15, 0.2) is 24.3 Å². The molecular formula is C15H22FNO. The standard InChI is InChI=1S/C15H22FNO/c1-2-3-14(18)10-17-15(11-4-5-11)12-6-8-13(16)9-7-12/h6-9,11,14-15,17-18H,2-5,10H2,1H3. The average Bonchev–Trinajstić information content (AvgIpc) is 3.16. The summed E-state index contributed by atoms with van der Waals surface area (Å²) in [6, 6.07) is 6.97. The molecular weight excluding hydrogens is 229 g/mol. The van der Waals surface area contributed by atoms with Crippen LogP contribution < -0.4 is 5.32 Å². The van der Waals surface area contributed by atoms with Crippen LogP contribution in [0.25, 0.3) is 0 Å². The monoisotopic (exact) mass is 251 g/mol. The van der Waals surface area contributed by atoms with Crippen LogP contribution in [0.2, 0.25) is 0 Å². The Balaban J connectivity index is 1.94. The molecule has 3 heteroatoms. The first-order chi connectivity index (χ1) is 8.70. The molecule has 1 fully saturated rings. The summed E-state index contributed by atoms with van der Waals surface area (Å²) >= 11 is 0. The summed E-state index contributed by atoms with van der Waals surface area (Å²) in [7, 11) is 0. The number of halogens is 1. The third-order valence-corrected chi connectivity index (χ3v) is 3.52. The number of rotatable bonds is 7. The van der Waals surface area contributed by atoms with Crippen molar-refractivity contribution in [2.45, 2.75) is 44.8 Å². The second-order valence-electron chi connectivity index (χ2n) is 5.22. The first-order valence-electron chi connectivity index (χ1n) is 6.87. The summed E-state index contributed by atoms with van der Waals surface area (Å²) in [5, 5.41) is 13.2. The molecule has 0 aromatic heterocycles. The van der Waals surface area contributed by atoms with Gasteiger partial charge in [0.1, 0.15) is 5.82 Å². The lowest BCUT2D eigenvalue weighted by Crippen LogP contribution is -2.31. The highest BCUT2D eigenvalue weighted by atomic mass is 19.1. The van der Waals surface area contributed by atoms with Crippen LogP contribution in [0.4, 0.5) is 4.39 Å². The maximum Gasteiger partial charge on any atom is 0.123 e. The molecule has 0 heterocycles. The molecule has 0 saturated heterocycles. The normalized spacial score (nSPS) is 18.6. The highest BCUT2D eigenvalue weighted by molar-refractivity contribution is 5.22. The molecule has 2 N–H and O–H groups in total. The van der Waals surface area contributed by atoms with Crippen LogP contribution >= 0.6 is 0 Å². The summed E-state index contributed by atoms with van der Waals surface area (Å²) in [5.74, 6) is 0.448. The van der Waals surface area contributed by atoms with E-state index >= 15 is 0 Å². The van der Waals surface area contributed by atoms with Gasteiger partial charge in [0, 0.05) is 12.6 Å².